The zero-order chi connectivity index (χ0) is 43.1. The fourth-order valence-corrected chi connectivity index (χ4v) is 9.79. The molecular formula is C64H43N. The number of rotatable bonds is 8. The van der Waals surface area contributed by atoms with Crippen LogP contribution in [0.4, 0.5) is 17.1 Å². The van der Waals surface area contributed by atoms with Crippen LogP contribution in [0, 0.1) is 0 Å². The van der Waals surface area contributed by atoms with Gasteiger partial charge in [0.1, 0.15) is 0 Å². The summed E-state index contributed by atoms with van der Waals surface area (Å²) in [6.45, 7) is 0. The van der Waals surface area contributed by atoms with Crippen molar-refractivity contribution in [3.05, 3.63) is 261 Å². The summed E-state index contributed by atoms with van der Waals surface area (Å²) >= 11 is 0. The first-order chi connectivity index (χ1) is 32.2. The Morgan fingerprint density at radius 1 is 0.200 bits per heavy atom. The van der Waals surface area contributed by atoms with E-state index in [0.29, 0.717) is 0 Å². The molecule has 1 nitrogen and oxygen atoms in total. The van der Waals surface area contributed by atoms with Crippen molar-refractivity contribution >= 4 is 60.2 Å². The van der Waals surface area contributed by atoms with Crippen LogP contribution < -0.4 is 4.90 Å². The highest BCUT2D eigenvalue weighted by Crippen LogP contribution is 2.46. The fraction of sp³-hybridized carbons (Fsp3) is 0. The maximum atomic E-state index is 2.45. The standard InChI is InChI=1S/C64H43N/c1-2-17-50-41-52(30-29-44(50)13-1)46-33-38-56(39-34-46)65(55-36-31-45(32-37-55)51-21-9-22-53(42-51)60-26-10-18-47-14-3-6-23-57(47)60)64-43-54(61-27-11-19-48-15-4-7-24-58(48)61)35-40-63(64)62-28-12-20-49-16-5-8-25-59(49)62/h1-43H. The largest absolute Gasteiger partial charge is 0.310 e. The van der Waals surface area contributed by atoms with E-state index >= 15 is 0 Å². The summed E-state index contributed by atoms with van der Waals surface area (Å²) in [7, 11) is 0. The third-order valence-electron chi connectivity index (χ3n) is 13.0. The van der Waals surface area contributed by atoms with Gasteiger partial charge in [0.05, 0.1) is 5.69 Å². The number of anilines is 3. The predicted octanol–water partition coefficient (Wildman–Crippen LogP) is 18.1. The maximum Gasteiger partial charge on any atom is 0.0546 e. The van der Waals surface area contributed by atoms with Gasteiger partial charge in [0, 0.05) is 16.9 Å². The lowest BCUT2D eigenvalue weighted by Gasteiger charge is -2.29. The van der Waals surface area contributed by atoms with Crippen LogP contribution in [0.3, 0.4) is 0 Å². The Morgan fingerprint density at radius 3 is 1.18 bits per heavy atom. The van der Waals surface area contributed by atoms with E-state index < -0.39 is 0 Å². The summed E-state index contributed by atoms with van der Waals surface area (Å²) in [5.41, 5.74) is 15.2. The second-order valence-corrected chi connectivity index (χ2v) is 16.9. The monoisotopic (exact) mass is 825 g/mol. The van der Waals surface area contributed by atoms with Crippen molar-refractivity contribution in [2.24, 2.45) is 0 Å². The molecule has 0 bridgehead atoms. The normalized spacial score (nSPS) is 11.4. The third-order valence-corrected chi connectivity index (χ3v) is 13.0. The van der Waals surface area contributed by atoms with Crippen LogP contribution >= 0.6 is 0 Å². The van der Waals surface area contributed by atoms with Crippen LogP contribution in [0.15, 0.2) is 261 Å². The molecule has 0 saturated heterocycles. The van der Waals surface area contributed by atoms with Crippen LogP contribution in [0.5, 0.6) is 0 Å². The zero-order valence-electron chi connectivity index (χ0n) is 35.8. The second kappa shape index (κ2) is 16.3. The van der Waals surface area contributed by atoms with E-state index in [1.54, 1.807) is 0 Å². The predicted molar refractivity (Wildman–Crippen MR) is 278 cm³/mol. The fourth-order valence-electron chi connectivity index (χ4n) is 9.79. The molecule has 1 heteroatoms. The van der Waals surface area contributed by atoms with Gasteiger partial charge in [-0.1, -0.05) is 218 Å². The van der Waals surface area contributed by atoms with Gasteiger partial charge in [-0.2, -0.15) is 0 Å². The van der Waals surface area contributed by atoms with Crippen LogP contribution in [-0.2, 0) is 0 Å². The molecule has 12 aromatic carbocycles. The van der Waals surface area contributed by atoms with Crippen molar-refractivity contribution in [1.82, 2.24) is 0 Å². The molecule has 0 N–H and O–H groups in total. The quantitative estimate of drug-likeness (QED) is 0.148. The molecule has 0 aliphatic heterocycles. The van der Waals surface area contributed by atoms with E-state index in [0.717, 1.165) is 22.6 Å². The SMILES string of the molecule is c1cc(-c2ccc(N(c3ccc(-c4ccc5ccccc5c4)cc3)c3cc(-c4cccc5ccccc45)ccc3-c3cccc4ccccc34)cc2)cc(-c2cccc3ccccc23)c1. The molecule has 65 heavy (non-hydrogen) atoms. The Kier molecular flexibility index (Phi) is 9.58. The van der Waals surface area contributed by atoms with Gasteiger partial charge in [-0.15, -0.1) is 0 Å². The lowest BCUT2D eigenvalue weighted by Crippen LogP contribution is -2.11. The molecule has 0 heterocycles. The summed E-state index contributed by atoms with van der Waals surface area (Å²) in [6, 6.07) is 95.5. The van der Waals surface area contributed by atoms with Crippen LogP contribution in [0.25, 0.3) is 98.7 Å². The minimum absolute atomic E-state index is 1.08. The van der Waals surface area contributed by atoms with E-state index in [1.807, 2.05) is 0 Å². The van der Waals surface area contributed by atoms with Crippen molar-refractivity contribution in [2.45, 2.75) is 0 Å². The number of nitrogens with zero attached hydrogens (tertiary/aromatic N) is 1. The average Bonchev–Trinajstić information content (AvgIpc) is 3.38. The first-order valence-electron chi connectivity index (χ1n) is 22.4. The Labute approximate surface area is 379 Å². The topological polar surface area (TPSA) is 3.24 Å². The maximum absolute atomic E-state index is 2.45. The van der Waals surface area contributed by atoms with Crippen molar-refractivity contribution in [3.63, 3.8) is 0 Å². The summed E-state index contributed by atoms with van der Waals surface area (Å²) in [6.07, 6.45) is 0. The molecule has 12 rings (SSSR count). The number of benzene rings is 12. The molecule has 0 radical (unpaired) electrons. The molecule has 0 atom stereocenters. The number of fused-ring (bicyclic) bond motifs is 4. The molecule has 0 aliphatic rings. The molecule has 0 fully saturated rings. The zero-order valence-corrected chi connectivity index (χ0v) is 35.8. The van der Waals surface area contributed by atoms with Gasteiger partial charge in [0.25, 0.3) is 0 Å². The van der Waals surface area contributed by atoms with Crippen LogP contribution in [-0.4, -0.2) is 0 Å². The van der Waals surface area contributed by atoms with Crippen molar-refractivity contribution in [2.75, 3.05) is 4.90 Å². The lowest BCUT2D eigenvalue weighted by molar-refractivity contribution is 1.28. The first kappa shape index (κ1) is 38.2. The van der Waals surface area contributed by atoms with Gasteiger partial charge in [-0.05, 0) is 136 Å². The summed E-state index contributed by atoms with van der Waals surface area (Å²) in [5, 5.41) is 9.90. The van der Waals surface area contributed by atoms with Gasteiger partial charge in [-0.3, -0.25) is 0 Å². The summed E-state index contributed by atoms with van der Waals surface area (Å²) < 4.78 is 0. The van der Waals surface area contributed by atoms with E-state index in [4.69, 9.17) is 0 Å². The van der Waals surface area contributed by atoms with Crippen molar-refractivity contribution in [3.8, 4) is 55.6 Å². The highest BCUT2D eigenvalue weighted by atomic mass is 15.1. The van der Waals surface area contributed by atoms with Crippen LogP contribution in [0.2, 0.25) is 0 Å². The van der Waals surface area contributed by atoms with E-state index in [9.17, 15) is 0 Å². The molecule has 0 aromatic heterocycles. The molecule has 304 valence electrons. The van der Waals surface area contributed by atoms with E-state index in [1.165, 1.54) is 93.2 Å². The Morgan fingerprint density at radius 2 is 0.600 bits per heavy atom. The summed E-state index contributed by atoms with van der Waals surface area (Å²) in [5.74, 6) is 0. The highest BCUT2D eigenvalue weighted by Gasteiger charge is 2.21. The van der Waals surface area contributed by atoms with Gasteiger partial charge in [-0.25, -0.2) is 0 Å². The smallest absolute Gasteiger partial charge is 0.0546 e. The molecule has 0 aliphatic carbocycles. The summed E-state index contributed by atoms with van der Waals surface area (Å²) in [4.78, 5) is 2.45. The van der Waals surface area contributed by atoms with Gasteiger partial charge in [0.2, 0.25) is 0 Å². The average molecular weight is 826 g/mol. The van der Waals surface area contributed by atoms with Gasteiger partial charge in [0.15, 0.2) is 0 Å². The molecular weight excluding hydrogens is 783 g/mol. The Hall–Kier alpha value is -8.52. The minimum atomic E-state index is 1.08. The second-order valence-electron chi connectivity index (χ2n) is 16.9. The lowest BCUT2D eigenvalue weighted by atomic mass is 9.92. The van der Waals surface area contributed by atoms with E-state index in [2.05, 4.69) is 266 Å². The van der Waals surface area contributed by atoms with Crippen molar-refractivity contribution in [1.29, 1.82) is 0 Å². The third kappa shape index (κ3) is 7.10. The molecule has 12 aromatic rings. The molecule has 0 spiro atoms. The van der Waals surface area contributed by atoms with Gasteiger partial charge < -0.3 is 4.90 Å². The number of hydrogen-bond acceptors (Lipinski definition) is 1. The first-order valence-corrected chi connectivity index (χ1v) is 22.4. The van der Waals surface area contributed by atoms with Crippen molar-refractivity contribution < 1.29 is 0 Å². The highest BCUT2D eigenvalue weighted by molar-refractivity contribution is 6.04. The Bertz CT molecular complexity index is 3700. The minimum Gasteiger partial charge on any atom is -0.310 e. The van der Waals surface area contributed by atoms with Gasteiger partial charge >= 0.3 is 0 Å². The molecule has 0 unspecified atom stereocenters. The van der Waals surface area contributed by atoms with Crippen LogP contribution in [0.1, 0.15) is 0 Å². The Balaban J connectivity index is 1.04. The molecule has 0 saturated carbocycles. The molecule has 0 amide bonds. The van der Waals surface area contributed by atoms with E-state index in [-0.39, 0.29) is 0 Å². The number of hydrogen-bond donors (Lipinski definition) is 0.